The molecule has 0 saturated carbocycles. The number of benzene rings is 1. The van der Waals surface area contributed by atoms with Crippen LogP contribution in [0.3, 0.4) is 0 Å². The summed E-state index contributed by atoms with van der Waals surface area (Å²) in [4.78, 5) is 17.7. The van der Waals surface area contributed by atoms with E-state index in [2.05, 4.69) is 4.98 Å². The van der Waals surface area contributed by atoms with Crippen molar-refractivity contribution in [2.75, 3.05) is 0 Å². The number of aromatic nitrogens is 3. The van der Waals surface area contributed by atoms with Gasteiger partial charge in [-0.05, 0) is 24.3 Å². The van der Waals surface area contributed by atoms with Crippen LogP contribution in [0.25, 0.3) is 16.8 Å². The van der Waals surface area contributed by atoms with Crippen LogP contribution in [0.15, 0.2) is 53.6 Å². The van der Waals surface area contributed by atoms with Gasteiger partial charge in [-0.15, -0.1) is 11.3 Å². The van der Waals surface area contributed by atoms with Gasteiger partial charge in [0.15, 0.2) is 10.0 Å². The Bertz CT molecular complexity index is 1240. The molecule has 0 radical (unpaired) electrons. The molecule has 136 valence electrons. The highest BCUT2D eigenvalue weighted by molar-refractivity contribution is 7.15. The van der Waals surface area contributed by atoms with Gasteiger partial charge in [-0.2, -0.15) is 8.97 Å². The predicted molar refractivity (Wildman–Crippen MR) is 102 cm³/mol. The lowest BCUT2D eigenvalue weighted by Crippen LogP contribution is -2.41. The van der Waals surface area contributed by atoms with Gasteiger partial charge in [0.25, 0.3) is 11.5 Å². The summed E-state index contributed by atoms with van der Waals surface area (Å²) < 4.78 is 17.6. The minimum Gasteiger partial charge on any atom is -0.477 e. The van der Waals surface area contributed by atoms with Crippen molar-refractivity contribution in [3.63, 3.8) is 0 Å². The minimum atomic E-state index is -0.657. The largest absolute Gasteiger partial charge is 0.477 e. The third-order valence-corrected chi connectivity index (χ3v) is 5.40. The first-order valence-electron chi connectivity index (χ1n) is 7.77. The number of halogens is 3. The molecule has 1 aromatic carbocycles. The van der Waals surface area contributed by atoms with Crippen LogP contribution in [-0.2, 0) is 6.54 Å². The Morgan fingerprint density at radius 1 is 1.26 bits per heavy atom. The molecule has 0 aliphatic heterocycles. The maximum Gasteiger partial charge on any atom is 0.354 e. The summed E-state index contributed by atoms with van der Waals surface area (Å²) in [5.41, 5.74) is -0.354. The maximum absolute atomic E-state index is 14.4. The Kier molecular flexibility index (Phi) is 4.59. The second kappa shape index (κ2) is 6.92. The van der Waals surface area contributed by atoms with E-state index in [-0.39, 0.29) is 28.6 Å². The molecule has 1 N–H and O–H groups in total. The quantitative estimate of drug-likeness (QED) is 0.509. The van der Waals surface area contributed by atoms with Crippen molar-refractivity contribution in [3.05, 3.63) is 79.3 Å². The normalized spacial score (nSPS) is 11.2. The average molecular weight is 423 g/mol. The fraction of sp³-hybridized carbons (Fsp3) is 0.0556. The zero-order valence-corrected chi connectivity index (χ0v) is 15.9. The molecule has 0 amide bonds. The van der Waals surface area contributed by atoms with E-state index < -0.39 is 11.4 Å². The van der Waals surface area contributed by atoms with Crippen LogP contribution in [0.5, 0.6) is 5.88 Å². The van der Waals surface area contributed by atoms with E-state index in [0.717, 1.165) is 10.9 Å². The fourth-order valence-electron chi connectivity index (χ4n) is 2.88. The van der Waals surface area contributed by atoms with Gasteiger partial charge >= 0.3 is 5.56 Å². The highest BCUT2D eigenvalue weighted by atomic mass is 35.5. The lowest BCUT2D eigenvalue weighted by Gasteiger charge is -2.10. The fourth-order valence-corrected chi connectivity index (χ4v) is 4.02. The van der Waals surface area contributed by atoms with Crippen LogP contribution in [0.4, 0.5) is 4.39 Å². The van der Waals surface area contributed by atoms with Crippen LogP contribution in [-0.4, -0.2) is 14.5 Å². The molecular formula is C18H11Cl2FN3O2S+. The molecule has 5 nitrogen and oxygen atoms in total. The van der Waals surface area contributed by atoms with Gasteiger partial charge < -0.3 is 5.11 Å². The Morgan fingerprint density at radius 2 is 2.07 bits per heavy atom. The van der Waals surface area contributed by atoms with Gasteiger partial charge in [-0.3, -0.25) is 0 Å². The molecule has 4 aromatic rings. The van der Waals surface area contributed by atoms with Gasteiger partial charge in [-0.1, -0.05) is 29.3 Å². The van der Waals surface area contributed by atoms with E-state index >= 15 is 0 Å². The minimum absolute atomic E-state index is 0.0701. The molecule has 0 bridgehead atoms. The molecule has 0 atom stereocenters. The van der Waals surface area contributed by atoms with Gasteiger partial charge in [-0.25, -0.2) is 14.2 Å². The molecule has 0 aliphatic carbocycles. The van der Waals surface area contributed by atoms with E-state index in [0.29, 0.717) is 10.1 Å². The molecule has 4 rings (SSSR count). The molecule has 3 heterocycles. The molecule has 0 spiro atoms. The molecule has 27 heavy (non-hydrogen) atoms. The number of hydrogen-bond acceptors (Lipinski definition) is 4. The Labute approximate surface area is 166 Å². The monoisotopic (exact) mass is 422 g/mol. The Hall–Kier alpha value is -2.48. The van der Waals surface area contributed by atoms with E-state index in [1.165, 1.54) is 32.4 Å². The first kappa shape index (κ1) is 17.9. The first-order chi connectivity index (χ1) is 13.0. The zero-order valence-electron chi connectivity index (χ0n) is 13.6. The molecule has 3 aromatic heterocycles. The SMILES string of the molecule is O=c1c(-c2cc(Cl)ccc2F)c(O)[n+](Cc2cnc(Cl)s2)c2ccccn12. The Balaban J connectivity index is 2.05. The van der Waals surface area contributed by atoms with Crippen LogP contribution >= 0.6 is 34.5 Å². The van der Waals surface area contributed by atoms with Crippen molar-refractivity contribution in [1.29, 1.82) is 0 Å². The summed E-state index contributed by atoms with van der Waals surface area (Å²) in [6, 6.07) is 8.95. The second-order valence-corrected chi connectivity index (χ2v) is 7.86. The van der Waals surface area contributed by atoms with Crippen LogP contribution < -0.4 is 10.1 Å². The summed E-state index contributed by atoms with van der Waals surface area (Å²) in [5.74, 6) is -1.02. The van der Waals surface area contributed by atoms with Gasteiger partial charge in [0.2, 0.25) is 0 Å². The summed E-state index contributed by atoms with van der Waals surface area (Å²) in [7, 11) is 0. The standard InChI is InChI=1S/C18H10Cl2FN3O2S/c19-10-4-5-13(21)12(7-10)15-16(25)23-6-2-1-3-14(23)24(17(15)26)9-11-8-22-18(20)27-11/h1-8H,9H2/p+1. The van der Waals surface area contributed by atoms with Crippen LogP contribution in [0.2, 0.25) is 9.49 Å². The summed E-state index contributed by atoms with van der Waals surface area (Å²) in [6.45, 7) is 0.208. The maximum atomic E-state index is 14.4. The number of pyridine rings is 1. The Morgan fingerprint density at radius 3 is 2.81 bits per heavy atom. The van der Waals surface area contributed by atoms with Crippen LogP contribution in [0.1, 0.15) is 4.88 Å². The molecule has 0 unspecified atom stereocenters. The lowest BCUT2D eigenvalue weighted by molar-refractivity contribution is -0.671. The number of hydrogen-bond donors (Lipinski definition) is 1. The van der Waals surface area contributed by atoms with Gasteiger partial charge in [0, 0.05) is 22.8 Å². The molecule has 0 aliphatic rings. The van der Waals surface area contributed by atoms with Crippen molar-refractivity contribution in [3.8, 4) is 17.0 Å². The third kappa shape index (κ3) is 3.18. The molecule has 9 heteroatoms. The smallest absolute Gasteiger partial charge is 0.354 e. The van der Waals surface area contributed by atoms with Crippen LogP contribution in [0, 0.1) is 5.82 Å². The lowest BCUT2D eigenvalue weighted by atomic mass is 10.1. The number of fused-ring (bicyclic) bond motifs is 1. The number of thiazole rings is 1. The number of aromatic hydroxyl groups is 1. The average Bonchev–Trinajstić information content (AvgIpc) is 3.06. The molecule has 0 fully saturated rings. The third-order valence-electron chi connectivity index (χ3n) is 4.06. The van der Waals surface area contributed by atoms with Crippen molar-refractivity contribution < 1.29 is 14.1 Å². The van der Waals surface area contributed by atoms with Crippen molar-refractivity contribution in [2.45, 2.75) is 6.54 Å². The van der Waals surface area contributed by atoms with Gasteiger partial charge in [0.05, 0.1) is 11.1 Å². The highest BCUT2D eigenvalue weighted by Gasteiger charge is 2.27. The summed E-state index contributed by atoms with van der Waals surface area (Å²) in [6.07, 6.45) is 3.14. The van der Waals surface area contributed by atoms with E-state index in [9.17, 15) is 14.3 Å². The first-order valence-corrected chi connectivity index (χ1v) is 9.34. The highest BCUT2D eigenvalue weighted by Crippen LogP contribution is 2.29. The topological polar surface area (TPSA) is 58.5 Å². The second-order valence-electron chi connectivity index (χ2n) is 5.72. The predicted octanol–water partition coefficient (Wildman–Crippen LogP) is 3.91. The molecular weight excluding hydrogens is 412 g/mol. The summed E-state index contributed by atoms with van der Waals surface area (Å²) in [5, 5.41) is 11.1. The zero-order chi connectivity index (χ0) is 19.1. The van der Waals surface area contributed by atoms with Crippen molar-refractivity contribution >= 4 is 40.2 Å². The van der Waals surface area contributed by atoms with E-state index in [1.807, 2.05) is 0 Å². The van der Waals surface area contributed by atoms with E-state index in [4.69, 9.17) is 23.2 Å². The summed E-state index contributed by atoms with van der Waals surface area (Å²) >= 11 is 13.1. The number of nitrogens with zero attached hydrogens (tertiary/aromatic N) is 3. The molecule has 0 saturated heterocycles. The van der Waals surface area contributed by atoms with Gasteiger partial charge in [0.1, 0.15) is 12.4 Å². The van der Waals surface area contributed by atoms with Crippen molar-refractivity contribution in [1.82, 2.24) is 9.38 Å². The van der Waals surface area contributed by atoms with E-state index in [1.54, 1.807) is 30.6 Å². The number of rotatable bonds is 3. The van der Waals surface area contributed by atoms with Crippen molar-refractivity contribution in [2.24, 2.45) is 0 Å².